The quantitative estimate of drug-likeness (QED) is 0.808. The Hall–Kier alpha value is -1.43. The molecule has 0 amide bonds. The number of morpholine rings is 1. The second-order valence-corrected chi connectivity index (χ2v) is 4.85. The van der Waals surface area contributed by atoms with E-state index < -0.39 is 12.0 Å². The molecule has 5 nitrogen and oxygen atoms in total. The van der Waals surface area contributed by atoms with Gasteiger partial charge in [0.25, 0.3) is 0 Å². The fourth-order valence-corrected chi connectivity index (χ4v) is 2.14. The normalized spacial score (nSPS) is 18.2. The van der Waals surface area contributed by atoms with Gasteiger partial charge >= 0.3 is 5.97 Å². The summed E-state index contributed by atoms with van der Waals surface area (Å²) in [4.78, 5) is 13.0. The first kappa shape index (κ1) is 14.0. The van der Waals surface area contributed by atoms with Gasteiger partial charge in [0, 0.05) is 19.6 Å². The Morgan fingerprint density at radius 2 is 1.84 bits per heavy atom. The summed E-state index contributed by atoms with van der Waals surface area (Å²) in [7, 11) is 0. The van der Waals surface area contributed by atoms with Crippen LogP contribution >= 0.6 is 0 Å². The monoisotopic (exact) mass is 264 g/mol. The van der Waals surface area contributed by atoms with Crippen molar-refractivity contribution in [3.05, 3.63) is 35.4 Å². The van der Waals surface area contributed by atoms with Crippen LogP contribution in [-0.4, -0.2) is 48.3 Å². The van der Waals surface area contributed by atoms with Crippen molar-refractivity contribution in [3.8, 4) is 0 Å². The standard InChI is InChI=1S/C14H20N2O3/c15-13(14(17)18)9-11-1-3-12(4-2-11)10-16-5-7-19-8-6-16/h1-4,13H,5-10,15H2,(H,17,18). The molecule has 1 aliphatic heterocycles. The fraction of sp³-hybridized carbons (Fsp3) is 0.500. The summed E-state index contributed by atoms with van der Waals surface area (Å²) in [5.41, 5.74) is 7.70. The smallest absolute Gasteiger partial charge is 0.320 e. The molecule has 0 radical (unpaired) electrons. The third kappa shape index (κ3) is 4.31. The zero-order valence-corrected chi connectivity index (χ0v) is 10.9. The van der Waals surface area contributed by atoms with Crippen molar-refractivity contribution in [2.24, 2.45) is 5.73 Å². The van der Waals surface area contributed by atoms with Gasteiger partial charge < -0.3 is 15.6 Å². The molecular weight excluding hydrogens is 244 g/mol. The molecule has 1 heterocycles. The van der Waals surface area contributed by atoms with Crippen molar-refractivity contribution in [3.63, 3.8) is 0 Å². The lowest BCUT2D eigenvalue weighted by Gasteiger charge is -2.26. The van der Waals surface area contributed by atoms with E-state index in [-0.39, 0.29) is 0 Å². The van der Waals surface area contributed by atoms with E-state index in [1.165, 1.54) is 5.56 Å². The minimum absolute atomic E-state index is 0.368. The molecule has 104 valence electrons. The van der Waals surface area contributed by atoms with E-state index in [2.05, 4.69) is 4.90 Å². The van der Waals surface area contributed by atoms with E-state index >= 15 is 0 Å². The van der Waals surface area contributed by atoms with Crippen LogP contribution in [0.1, 0.15) is 11.1 Å². The van der Waals surface area contributed by atoms with Crippen molar-refractivity contribution < 1.29 is 14.6 Å². The summed E-state index contributed by atoms with van der Waals surface area (Å²) in [6.45, 7) is 4.43. The van der Waals surface area contributed by atoms with Gasteiger partial charge in [-0.3, -0.25) is 9.69 Å². The zero-order valence-electron chi connectivity index (χ0n) is 10.9. The maximum absolute atomic E-state index is 10.7. The van der Waals surface area contributed by atoms with Gasteiger partial charge in [0.2, 0.25) is 0 Å². The third-order valence-corrected chi connectivity index (χ3v) is 3.31. The predicted octanol–water partition coefficient (Wildman–Crippen LogP) is 0.473. The minimum atomic E-state index is -0.961. The Morgan fingerprint density at radius 1 is 1.26 bits per heavy atom. The molecule has 0 aromatic heterocycles. The van der Waals surface area contributed by atoms with Gasteiger partial charge in [-0.1, -0.05) is 24.3 Å². The third-order valence-electron chi connectivity index (χ3n) is 3.31. The summed E-state index contributed by atoms with van der Waals surface area (Å²) in [5.74, 6) is -0.961. The topological polar surface area (TPSA) is 75.8 Å². The van der Waals surface area contributed by atoms with E-state index in [0.717, 1.165) is 38.4 Å². The van der Waals surface area contributed by atoms with Gasteiger partial charge in [-0.25, -0.2) is 0 Å². The van der Waals surface area contributed by atoms with Crippen LogP contribution in [0.15, 0.2) is 24.3 Å². The highest BCUT2D eigenvalue weighted by atomic mass is 16.5. The molecule has 3 N–H and O–H groups in total. The van der Waals surface area contributed by atoms with E-state index in [4.69, 9.17) is 15.6 Å². The molecule has 0 spiro atoms. The Bertz CT molecular complexity index is 413. The van der Waals surface area contributed by atoms with Gasteiger partial charge in [0.1, 0.15) is 6.04 Å². The summed E-state index contributed by atoms with van der Waals surface area (Å²) in [6.07, 6.45) is 0.368. The lowest BCUT2D eigenvalue weighted by molar-refractivity contribution is -0.138. The van der Waals surface area contributed by atoms with Crippen molar-refractivity contribution in [2.75, 3.05) is 26.3 Å². The minimum Gasteiger partial charge on any atom is -0.480 e. The summed E-state index contributed by atoms with van der Waals surface area (Å²) >= 11 is 0. The van der Waals surface area contributed by atoms with Crippen LogP contribution in [0.3, 0.4) is 0 Å². The number of carboxylic acids is 1. The van der Waals surface area contributed by atoms with Crippen LogP contribution in [-0.2, 0) is 22.5 Å². The molecule has 1 aliphatic rings. The maximum Gasteiger partial charge on any atom is 0.320 e. The van der Waals surface area contributed by atoms with Crippen molar-refractivity contribution in [1.29, 1.82) is 0 Å². The number of hydrogen-bond donors (Lipinski definition) is 2. The summed E-state index contributed by atoms with van der Waals surface area (Å²) in [6, 6.07) is 7.17. The van der Waals surface area contributed by atoms with E-state index in [1.807, 2.05) is 24.3 Å². The molecular formula is C14H20N2O3. The number of benzene rings is 1. The lowest BCUT2D eigenvalue weighted by atomic mass is 10.0. The summed E-state index contributed by atoms with van der Waals surface area (Å²) < 4.78 is 5.31. The van der Waals surface area contributed by atoms with Gasteiger partial charge in [-0.05, 0) is 17.5 Å². The fourth-order valence-electron chi connectivity index (χ4n) is 2.14. The Morgan fingerprint density at radius 3 is 2.42 bits per heavy atom. The van der Waals surface area contributed by atoms with Gasteiger partial charge in [0.05, 0.1) is 13.2 Å². The molecule has 1 atom stereocenters. The van der Waals surface area contributed by atoms with E-state index in [9.17, 15) is 4.79 Å². The number of rotatable bonds is 5. The second kappa shape index (κ2) is 6.65. The molecule has 1 unspecified atom stereocenters. The highest BCUT2D eigenvalue weighted by molar-refractivity contribution is 5.73. The average molecular weight is 264 g/mol. The molecule has 0 saturated carbocycles. The summed E-state index contributed by atoms with van der Waals surface area (Å²) in [5, 5.41) is 8.77. The van der Waals surface area contributed by atoms with Crippen LogP contribution in [0.5, 0.6) is 0 Å². The second-order valence-electron chi connectivity index (χ2n) is 4.85. The zero-order chi connectivity index (χ0) is 13.7. The Labute approximate surface area is 113 Å². The molecule has 2 rings (SSSR count). The average Bonchev–Trinajstić information content (AvgIpc) is 2.42. The molecule has 1 fully saturated rings. The van der Waals surface area contributed by atoms with Crippen LogP contribution in [0.4, 0.5) is 0 Å². The molecule has 1 saturated heterocycles. The largest absolute Gasteiger partial charge is 0.480 e. The molecule has 0 bridgehead atoms. The SMILES string of the molecule is NC(Cc1ccc(CN2CCOCC2)cc1)C(=O)O. The number of ether oxygens (including phenoxy) is 1. The number of carboxylic acid groups (broad SMARTS) is 1. The first-order valence-electron chi connectivity index (χ1n) is 6.51. The van der Waals surface area contributed by atoms with Crippen molar-refractivity contribution >= 4 is 5.97 Å². The first-order valence-corrected chi connectivity index (χ1v) is 6.51. The van der Waals surface area contributed by atoms with Crippen LogP contribution in [0.2, 0.25) is 0 Å². The maximum atomic E-state index is 10.7. The van der Waals surface area contributed by atoms with E-state index in [1.54, 1.807) is 0 Å². The van der Waals surface area contributed by atoms with Gasteiger partial charge in [0.15, 0.2) is 0 Å². The number of hydrogen-bond acceptors (Lipinski definition) is 4. The van der Waals surface area contributed by atoms with Gasteiger partial charge in [-0.15, -0.1) is 0 Å². The number of nitrogens with two attached hydrogens (primary N) is 1. The first-order chi connectivity index (χ1) is 9.15. The highest BCUT2D eigenvalue weighted by Crippen LogP contribution is 2.10. The van der Waals surface area contributed by atoms with Crippen molar-refractivity contribution in [1.82, 2.24) is 4.90 Å². The highest BCUT2D eigenvalue weighted by Gasteiger charge is 2.13. The lowest BCUT2D eigenvalue weighted by Crippen LogP contribution is -2.35. The van der Waals surface area contributed by atoms with Crippen LogP contribution in [0, 0.1) is 0 Å². The predicted molar refractivity (Wildman–Crippen MR) is 71.9 cm³/mol. The van der Waals surface area contributed by atoms with Crippen molar-refractivity contribution in [2.45, 2.75) is 19.0 Å². The molecule has 5 heteroatoms. The van der Waals surface area contributed by atoms with Gasteiger partial charge in [-0.2, -0.15) is 0 Å². The van der Waals surface area contributed by atoms with Crippen LogP contribution < -0.4 is 5.73 Å². The molecule has 1 aromatic carbocycles. The Balaban J connectivity index is 1.88. The van der Waals surface area contributed by atoms with Crippen LogP contribution in [0.25, 0.3) is 0 Å². The molecule has 1 aromatic rings. The number of aliphatic carboxylic acids is 1. The Kier molecular flexibility index (Phi) is 4.90. The molecule has 19 heavy (non-hydrogen) atoms. The van der Waals surface area contributed by atoms with E-state index in [0.29, 0.717) is 6.42 Å². The molecule has 0 aliphatic carbocycles. The number of carbonyl (C=O) groups is 1. The number of nitrogens with zero attached hydrogens (tertiary/aromatic N) is 1.